The van der Waals surface area contributed by atoms with Gasteiger partial charge >= 0.3 is 6.18 Å². The molecule has 108 valence electrons. The quantitative estimate of drug-likeness (QED) is 0.668. The maximum Gasteiger partial charge on any atom is 0.416 e. The average Bonchev–Trinajstić information content (AvgIpc) is 2.88. The van der Waals surface area contributed by atoms with Gasteiger partial charge in [0, 0.05) is 6.42 Å². The van der Waals surface area contributed by atoms with E-state index in [0.29, 0.717) is 17.9 Å². The van der Waals surface area contributed by atoms with Crippen LogP contribution in [0.5, 0.6) is 0 Å². The Morgan fingerprint density at radius 2 is 1.90 bits per heavy atom. The van der Waals surface area contributed by atoms with Gasteiger partial charge in [-0.2, -0.15) is 13.2 Å². The van der Waals surface area contributed by atoms with Gasteiger partial charge in [0.05, 0.1) is 5.56 Å². The SMILES string of the molecule is CCc1ccc(C(NN)c2ccccc2C(F)(F)F)o1. The first-order valence-electron chi connectivity index (χ1n) is 6.18. The number of nitrogens with one attached hydrogen (secondary N) is 1. The molecule has 1 heterocycles. The van der Waals surface area contributed by atoms with Crippen LogP contribution in [-0.2, 0) is 12.6 Å². The van der Waals surface area contributed by atoms with Crippen LogP contribution in [0, 0.1) is 0 Å². The highest BCUT2D eigenvalue weighted by Gasteiger charge is 2.35. The Balaban J connectivity index is 2.47. The smallest absolute Gasteiger partial charge is 0.416 e. The van der Waals surface area contributed by atoms with Crippen molar-refractivity contribution in [3.05, 3.63) is 59.0 Å². The maximum atomic E-state index is 13.0. The Morgan fingerprint density at radius 1 is 1.20 bits per heavy atom. The van der Waals surface area contributed by atoms with Crippen LogP contribution >= 0.6 is 0 Å². The summed E-state index contributed by atoms with van der Waals surface area (Å²) in [5.74, 6) is 6.48. The molecule has 0 radical (unpaired) electrons. The molecule has 0 spiro atoms. The van der Waals surface area contributed by atoms with Crippen LogP contribution in [0.3, 0.4) is 0 Å². The van der Waals surface area contributed by atoms with Crippen LogP contribution in [0.2, 0.25) is 0 Å². The van der Waals surface area contributed by atoms with Gasteiger partial charge in [0.15, 0.2) is 0 Å². The van der Waals surface area contributed by atoms with Crippen LogP contribution in [0.4, 0.5) is 13.2 Å². The first kappa shape index (κ1) is 14.6. The molecule has 20 heavy (non-hydrogen) atoms. The van der Waals surface area contributed by atoms with Crippen molar-refractivity contribution in [1.82, 2.24) is 5.43 Å². The molecule has 0 amide bonds. The molecule has 2 aromatic rings. The summed E-state index contributed by atoms with van der Waals surface area (Å²) in [4.78, 5) is 0. The lowest BCUT2D eigenvalue weighted by molar-refractivity contribution is -0.138. The van der Waals surface area contributed by atoms with E-state index in [9.17, 15) is 13.2 Å². The maximum absolute atomic E-state index is 13.0. The van der Waals surface area contributed by atoms with E-state index in [1.165, 1.54) is 12.1 Å². The molecule has 6 heteroatoms. The van der Waals surface area contributed by atoms with Crippen LogP contribution in [0.1, 0.15) is 35.6 Å². The first-order chi connectivity index (χ1) is 9.47. The minimum Gasteiger partial charge on any atom is -0.464 e. The van der Waals surface area contributed by atoms with Crippen molar-refractivity contribution in [1.29, 1.82) is 0 Å². The molecule has 1 atom stereocenters. The summed E-state index contributed by atoms with van der Waals surface area (Å²) in [7, 11) is 0. The molecular formula is C14H15F3N2O. The normalized spacial score (nSPS) is 13.4. The highest BCUT2D eigenvalue weighted by atomic mass is 19.4. The predicted octanol–water partition coefficient (Wildman–Crippen LogP) is 3.41. The van der Waals surface area contributed by atoms with Crippen LogP contribution in [0.25, 0.3) is 0 Å². The number of benzene rings is 1. The number of hydrogen-bond donors (Lipinski definition) is 2. The Kier molecular flexibility index (Phi) is 4.15. The molecule has 0 saturated heterocycles. The minimum atomic E-state index is -4.44. The summed E-state index contributed by atoms with van der Waals surface area (Å²) in [6.45, 7) is 1.90. The molecule has 0 saturated carbocycles. The molecule has 0 aliphatic carbocycles. The number of rotatable bonds is 4. The lowest BCUT2D eigenvalue weighted by Crippen LogP contribution is -2.30. The van der Waals surface area contributed by atoms with Crippen molar-refractivity contribution in [2.75, 3.05) is 0 Å². The molecule has 1 aromatic heterocycles. The highest BCUT2D eigenvalue weighted by Crippen LogP contribution is 2.36. The van der Waals surface area contributed by atoms with Crippen molar-refractivity contribution >= 4 is 0 Å². The standard InChI is InChI=1S/C14H15F3N2O/c1-2-9-7-8-12(20-9)13(19-18)10-5-3-4-6-11(10)14(15,16)17/h3-8,13,19H,2,18H2,1H3. The second kappa shape index (κ2) is 5.68. The van der Waals surface area contributed by atoms with Crippen LogP contribution in [-0.4, -0.2) is 0 Å². The summed E-state index contributed by atoms with van der Waals surface area (Å²) in [5, 5.41) is 0. The van der Waals surface area contributed by atoms with E-state index in [0.717, 1.165) is 6.07 Å². The number of nitrogens with two attached hydrogens (primary N) is 1. The second-order valence-corrected chi connectivity index (χ2v) is 4.34. The van der Waals surface area contributed by atoms with Crippen molar-refractivity contribution in [3.63, 3.8) is 0 Å². The van der Waals surface area contributed by atoms with E-state index < -0.39 is 17.8 Å². The monoisotopic (exact) mass is 284 g/mol. The van der Waals surface area contributed by atoms with Gasteiger partial charge in [-0.15, -0.1) is 0 Å². The van der Waals surface area contributed by atoms with Crippen molar-refractivity contribution in [3.8, 4) is 0 Å². The summed E-state index contributed by atoms with van der Waals surface area (Å²) >= 11 is 0. The van der Waals surface area contributed by atoms with Gasteiger partial charge in [-0.3, -0.25) is 5.84 Å². The van der Waals surface area contributed by atoms with E-state index in [1.807, 2.05) is 6.92 Å². The van der Waals surface area contributed by atoms with E-state index in [4.69, 9.17) is 10.3 Å². The van der Waals surface area contributed by atoms with E-state index in [2.05, 4.69) is 5.43 Å². The van der Waals surface area contributed by atoms with Gasteiger partial charge in [0.1, 0.15) is 17.6 Å². The van der Waals surface area contributed by atoms with E-state index in [1.54, 1.807) is 18.2 Å². The Labute approximate surface area is 114 Å². The van der Waals surface area contributed by atoms with Crippen molar-refractivity contribution < 1.29 is 17.6 Å². The Bertz CT molecular complexity index is 578. The molecule has 1 unspecified atom stereocenters. The fourth-order valence-corrected chi connectivity index (χ4v) is 2.07. The molecule has 3 nitrogen and oxygen atoms in total. The molecule has 3 N–H and O–H groups in total. The number of hydrazine groups is 1. The summed E-state index contributed by atoms with van der Waals surface area (Å²) in [5.41, 5.74) is 1.71. The number of halogens is 3. The number of alkyl halides is 3. The van der Waals surface area contributed by atoms with Gasteiger partial charge in [-0.1, -0.05) is 25.1 Å². The fourth-order valence-electron chi connectivity index (χ4n) is 2.07. The summed E-state index contributed by atoms with van der Waals surface area (Å²) in [6, 6.07) is 7.84. The van der Waals surface area contributed by atoms with Crippen LogP contribution < -0.4 is 11.3 Å². The molecule has 2 rings (SSSR count). The van der Waals surface area contributed by atoms with Gasteiger partial charge in [0.25, 0.3) is 0 Å². The minimum absolute atomic E-state index is 0.0412. The zero-order valence-electron chi connectivity index (χ0n) is 10.9. The summed E-state index contributed by atoms with van der Waals surface area (Å²) < 4.78 is 44.6. The predicted molar refractivity (Wildman–Crippen MR) is 68.7 cm³/mol. The van der Waals surface area contributed by atoms with E-state index in [-0.39, 0.29) is 5.56 Å². The number of aryl methyl sites for hydroxylation is 1. The lowest BCUT2D eigenvalue weighted by Gasteiger charge is -2.19. The van der Waals surface area contributed by atoms with Gasteiger partial charge in [-0.05, 0) is 23.8 Å². The van der Waals surface area contributed by atoms with Gasteiger partial charge < -0.3 is 4.42 Å². The topological polar surface area (TPSA) is 51.2 Å². The molecule has 1 aromatic carbocycles. The summed E-state index contributed by atoms with van der Waals surface area (Å²) in [6.07, 6.45) is -3.77. The highest BCUT2D eigenvalue weighted by molar-refractivity contribution is 5.36. The Hall–Kier alpha value is -1.79. The fraction of sp³-hybridized carbons (Fsp3) is 0.286. The molecule has 0 aliphatic heterocycles. The van der Waals surface area contributed by atoms with E-state index >= 15 is 0 Å². The van der Waals surface area contributed by atoms with Gasteiger partial charge in [-0.25, -0.2) is 5.43 Å². The first-order valence-corrected chi connectivity index (χ1v) is 6.18. The third-order valence-corrected chi connectivity index (χ3v) is 3.06. The average molecular weight is 284 g/mol. The third kappa shape index (κ3) is 2.86. The van der Waals surface area contributed by atoms with Gasteiger partial charge in [0.2, 0.25) is 0 Å². The zero-order valence-corrected chi connectivity index (χ0v) is 10.9. The molecule has 0 aliphatic rings. The second-order valence-electron chi connectivity index (χ2n) is 4.34. The molecule has 0 bridgehead atoms. The third-order valence-electron chi connectivity index (χ3n) is 3.06. The van der Waals surface area contributed by atoms with Crippen LogP contribution in [0.15, 0.2) is 40.8 Å². The number of hydrogen-bond acceptors (Lipinski definition) is 3. The largest absolute Gasteiger partial charge is 0.464 e. The lowest BCUT2D eigenvalue weighted by atomic mass is 9.98. The van der Waals surface area contributed by atoms with Crippen molar-refractivity contribution in [2.24, 2.45) is 5.84 Å². The zero-order chi connectivity index (χ0) is 14.8. The molecular weight excluding hydrogens is 269 g/mol. The molecule has 0 fully saturated rings. The van der Waals surface area contributed by atoms with Crippen molar-refractivity contribution in [2.45, 2.75) is 25.6 Å². The number of furan rings is 1. The Morgan fingerprint density at radius 3 is 2.45 bits per heavy atom.